The molecular weight excluding hydrogens is 234 g/mol. The molecule has 2 aromatic heterocycles. The smallest absolute Gasteiger partial charge is 0.193 e. The van der Waals surface area contributed by atoms with E-state index in [9.17, 15) is 4.79 Å². The van der Waals surface area contributed by atoms with Gasteiger partial charge < -0.3 is 4.79 Å². The van der Waals surface area contributed by atoms with E-state index in [4.69, 9.17) is 0 Å². The number of carbonyl (C=O) groups is 1. The fourth-order valence-corrected chi connectivity index (χ4v) is 3.15. The maximum atomic E-state index is 10.8. The minimum atomic E-state index is 0.215. The Labute approximate surface area is 104 Å². The highest BCUT2D eigenvalue weighted by Gasteiger charge is 2.19. The van der Waals surface area contributed by atoms with Crippen molar-refractivity contribution in [2.75, 3.05) is 13.1 Å². The van der Waals surface area contributed by atoms with E-state index in [1.807, 2.05) is 11.6 Å². The van der Waals surface area contributed by atoms with Crippen molar-refractivity contribution in [2.24, 2.45) is 5.92 Å². The van der Waals surface area contributed by atoms with Crippen LogP contribution in [0, 0.1) is 5.92 Å². The SMILES string of the molecule is O=CC1CCCN(Cc2cn3ccsc3n2)C1. The third-order valence-corrected chi connectivity index (χ3v) is 4.03. The Bertz CT molecular complexity index is 490. The summed E-state index contributed by atoms with van der Waals surface area (Å²) in [4.78, 5) is 18.8. The van der Waals surface area contributed by atoms with Crippen molar-refractivity contribution < 1.29 is 4.79 Å². The molecule has 0 bridgehead atoms. The number of aromatic nitrogens is 2. The number of hydrogen-bond donors (Lipinski definition) is 0. The Morgan fingerprint density at radius 1 is 1.59 bits per heavy atom. The number of likely N-dealkylation sites (tertiary alicyclic amines) is 1. The molecule has 90 valence electrons. The first-order valence-corrected chi connectivity index (χ1v) is 6.82. The molecule has 4 nitrogen and oxygen atoms in total. The standard InChI is InChI=1S/C12H15N3OS/c16-9-10-2-1-3-14(6-10)7-11-8-15-4-5-17-12(15)13-11/h4-5,8-10H,1-3,6-7H2. The van der Waals surface area contributed by atoms with Gasteiger partial charge in [0.15, 0.2) is 4.96 Å². The third kappa shape index (κ3) is 2.25. The summed E-state index contributed by atoms with van der Waals surface area (Å²) in [6.07, 6.45) is 7.36. The van der Waals surface area contributed by atoms with Crippen LogP contribution in [0.2, 0.25) is 0 Å². The number of carbonyl (C=O) groups excluding carboxylic acids is 1. The van der Waals surface area contributed by atoms with E-state index in [2.05, 4.69) is 20.5 Å². The molecule has 0 aromatic carbocycles. The van der Waals surface area contributed by atoms with Crippen molar-refractivity contribution in [1.29, 1.82) is 0 Å². The maximum absolute atomic E-state index is 10.8. The number of fused-ring (bicyclic) bond motifs is 1. The highest BCUT2D eigenvalue weighted by molar-refractivity contribution is 7.15. The van der Waals surface area contributed by atoms with Crippen LogP contribution in [0.3, 0.4) is 0 Å². The second-order valence-electron chi connectivity index (χ2n) is 4.60. The minimum Gasteiger partial charge on any atom is -0.303 e. The maximum Gasteiger partial charge on any atom is 0.193 e. The fourth-order valence-electron chi connectivity index (χ4n) is 2.43. The van der Waals surface area contributed by atoms with Crippen LogP contribution in [-0.2, 0) is 11.3 Å². The first-order chi connectivity index (χ1) is 8.35. The molecular formula is C12H15N3OS. The number of hydrogen-bond acceptors (Lipinski definition) is 4. The summed E-state index contributed by atoms with van der Waals surface area (Å²) in [7, 11) is 0. The molecule has 0 saturated carbocycles. The quantitative estimate of drug-likeness (QED) is 0.779. The zero-order valence-electron chi connectivity index (χ0n) is 9.58. The van der Waals surface area contributed by atoms with Crippen LogP contribution in [0.4, 0.5) is 0 Å². The van der Waals surface area contributed by atoms with Crippen LogP contribution in [0.1, 0.15) is 18.5 Å². The normalized spacial score (nSPS) is 22.0. The Kier molecular flexibility index (Phi) is 2.94. The van der Waals surface area contributed by atoms with Crippen molar-refractivity contribution in [1.82, 2.24) is 14.3 Å². The Morgan fingerprint density at radius 2 is 2.53 bits per heavy atom. The highest BCUT2D eigenvalue weighted by atomic mass is 32.1. The second-order valence-corrected chi connectivity index (χ2v) is 5.47. The molecule has 0 amide bonds. The zero-order chi connectivity index (χ0) is 11.7. The highest BCUT2D eigenvalue weighted by Crippen LogP contribution is 2.18. The van der Waals surface area contributed by atoms with Crippen LogP contribution < -0.4 is 0 Å². The lowest BCUT2D eigenvalue weighted by Gasteiger charge is -2.29. The van der Waals surface area contributed by atoms with E-state index in [1.165, 1.54) is 0 Å². The van der Waals surface area contributed by atoms with Crippen molar-refractivity contribution in [3.05, 3.63) is 23.5 Å². The van der Waals surface area contributed by atoms with Crippen LogP contribution >= 0.6 is 11.3 Å². The summed E-state index contributed by atoms with van der Waals surface area (Å²) >= 11 is 1.65. The molecule has 1 aliphatic heterocycles. The Hall–Kier alpha value is -1.20. The molecule has 0 radical (unpaired) electrons. The summed E-state index contributed by atoms with van der Waals surface area (Å²) in [5, 5.41) is 2.04. The molecule has 1 aliphatic rings. The first kappa shape index (κ1) is 10.9. The lowest BCUT2D eigenvalue weighted by atomic mass is 10.00. The molecule has 3 rings (SSSR count). The van der Waals surface area contributed by atoms with Gasteiger partial charge in [0.2, 0.25) is 0 Å². The van der Waals surface area contributed by atoms with Gasteiger partial charge in [0, 0.05) is 36.8 Å². The summed E-state index contributed by atoms with van der Waals surface area (Å²) in [6.45, 7) is 2.82. The average molecular weight is 249 g/mol. The molecule has 0 spiro atoms. The first-order valence-electron chi connectivity index (χ1n) is 5.94. The van der Waals surface area contributed by atoms with Gasteiger partial charge in [-0.3, -0.25) is 9.30 Å². The predicted octanol–water partition coefficient (Wildman–Crippen LogP) is 1.81. The van der Waals surface area contributed by atoms with Gasteiger partial charge in [0.05, 0.1) is 5.69 Å². The number of rotatable bonds is 3. The molecule has 1 saturated heterocycles. The number of imidazole rings is 1. The molecule has 5 heteroatoms. The lowest BCUT2D eigenvalue weighted by molar-refractivity contribution is -0.112. The summed E-state index contributed by atoms with van der Waals surface area (Å²) in [5.41, 5.74) is 1.10. The van der Waals surface area contributed by atoms with E-state index < -0.39 is 0 Å². The van der Waals surface area contributed by atoms with Crippen LogP contribution in [0.5, 0.6) is 0 Å². The predicted molar refractivity (Wildman–Crippen MR) is 67.1 cm³/mol. The van der Waals surface area contributed by atoms with E-state index in [0.717, 1.165) is 49.4 Å². The van der Waals surface area contributed by atoms with Crippen molar-refractivity contribution in [2.45, 2.75) is 19.4 Å². The molecule has 1 fully saturated rings. The van der Waals surface area contributed by atoms with Crippen molar-refractivity contribution in [3.63, 3.8) is 0 Å². The number of thiazole rings is 1. The van der Waals surface area contributed by atoms with Gasteiger partial charge in [-0.05, 0) is 19.4 Å². The van der Waals surface area contributed by atoms with E-state index in [-0.39, 0.29) is 5.92 Å². The molecule has 2 aromatic rings. The van der Waals surface area contributed by atoms with Gasteiger partial charge >= 0.3 is 0 Å². The summed E-state index contributed by atoms with van der Waals surface area (Å²) < 4.78 is 2.06. The molecule has 3 heterocycles. The summed E-state index contributed by atoms with van der Waals surface area (Å²) in [5.74, 6) is 0.215. The minimum absolute atomic E-state index is 0.215. The number of piperidine rings is 1. The topological polar surface area (TPSA) is 37.6 Å². The zero-order valence-corrected chi connectivity index (χ0v) is 10.4. The van der Waals surface area contributed by atoms with Crippen LogP contribution in [-0.4, -0.2) is 33.7 Å². The van der Waals surface area contributed by atoms with Gasteiger partial charge in [-0.1, -0.05) is 0 Å². The third-order valence-electron chi connectivity index (χ3n) is 3.26. The van der Waals surface area contributed by atoms with E-state index >= 15 is 0 Å². The van der Waals surface area contributed by atoms with Crippen LogP contribution in [0.15, 0.2) is 17.8 Å². The molecule has 1 atom stereocenters. The average Bonchev–Trinajstić information content (AvgIpc) is 2.90. The Morgan fingerprint density at radius 3 is 3.35 bits per heavy atom. The second kappa shape index (κ2) is 4.58. The van der Waals surface area contributed by atoms with E-state index in [0.29, 0.717) is 0 Å². The van der Waals surface area contributed by atoms with Gasteiger partial charge in [-0.25, -0.2) is 4.98 Å². The summed E-state index contributed by atoms with van der Waals surface area (Å²) in [6, 6.07) is 0. The molecule has 17 heavy (non-hydrogen) atoms. The monoisotopic (exact) mass is 249 g/mol. The number of aldehydes is 1. The van der Waals surface area contributed by atoms with Crippen LogP contribution in [0.25, 0.3) is 4.96 Å². The lowest BCUT2D eigenvalue weighted by Crippen LogP contribution is -2.35. The molecule has 1 unspecified atom stereocenters. The van der Waals surface area contributed by atoms with Crippen molar-refractivity contribution >= 4 is 22.6 Å². The fraction of sp³-hybridized carbons (Fsp3) is 0.500. The largest absolute Gasteiger partial charge is 0.303 e. The van der Waals surface area contributed by atoms with Gasteiger partial charge in [-0.15, -0.1) is 11.3 Å². The Balaban J connectivity index is 1.70. The molecule has 0 aliphatic carbocycles. The van der Waals surface area contributed by atoms with Gasteiger partial charge in [-0.2, -0.15) is 0 Å². The van der Waals surface area contributed by atoms with Gasteiger partial charge in [0.25, 0.3) is 0 Å². The number of nitrogens with zero attached hydrogens (tertiary/aromatic N) is 3. The van der Waals surface area contributed by atoms with Gasteiger partial charge in [0.1, 0.15) is 6.29 Å². The van der Waals surface area contributed by atoms with E-state index in [1.54, 1.807) is 11.3 Å². The van der Waals surface area contributed by atoms with Crippen molar-refractivity contribution in [3.8, 4) is 0 Å². The molecule has 0 N–H and O–H groups in total.